The van der Waals surface area contributed by atoms with Crippen LogP contribution in [0.2, 0.25) is 0 Å². The average molecular weight is 293 g/mol. The zero-order chi connectivity index (χ0) is 13.8. The molecule has 1 aliphatic heterocycles. The van der Waals surface area contributed by atoms with Crippen molar-refractivity contribution in [2.75, 3.05) is 6.54 Å². The number of amides is 1. The molecular weight excluding hydrogens is 284 g/mol. The van der Waals surface area contributed by atoms with E-state index in [1.54, 1.807) is 24.5 Å². The van der Waals surface area contributed by atoms with Crippen LogP contribution in [0, 0.1) is 0 Å². The molecule has 0 bridgehead atoms. The molecule has 7 heteroatoms. The number of carboxylic acids is 1. The maximum atomic E-state index is 12.0. The molecule has 0 saturated carbocycles. The van der Waals surface area contributed by atoms with E-state index in [0.29, 0.717) is 9.23 Å². The van der Waals surface area contributed by atoms with Gasteiger partial charge in [0.15, 0.2) is 0 Å². The fraction of sp³-hybridized carbons (Fsp3) is 0.167. The van der Waals surface area contributed by atoms with Crippen LogP contribution in [0.4, 0.5) is 0 Å². The Bertz CT molecular complexity index is 557. The maximum absolute atomic E-state index is 12.0. The number of carbonyl (C=O) groups is 2. The molecule has 1 amide bonds. The van der Waals surface area contributed by atoms with Gasteiger partial charge in [0, 0.05) is 31.3 Å². The summed E-state index contributed by atoms with van der Waals surface area (Å²) in [4.78, 5) is 28.2. The molecule has 0 unspecified atom stereocenters. The number of pyridine rings is 1. The van der Waals surface area contributed by atoms with Crippen LogP contribution in [0.25, 0.3) is 6.08 Å². The Labute approximate surface area is 119 Å². The zero-order valence-corrected chi connectivity index (χ0v) is 11.4. The number of aromatic nitrogens is 1. The second-order valence-corrected chi connectivity index (χ2v) is 5.42. The molecule has 0 N–H and O–H groups in total. The number of hydrogen-bond donors (Lipinski definition) is 0. The molecule has 1 saturated heterocycles. The van der Waals surface area contributed by atoms with Crippen LogP contribution in [0.5, 0.6) is 0 Å². The Morgan fingerprint density at radius 1 is 1.58 bits per heavy atom. The van der Waals surface area contributed by atoms with Gasteiger partial charge in [-0.2, -0.15) is 0 Å². The first kappa shape index (κ1) is 13.7. The van der Waals surface area contributed by atoms with Crippen LogP contribution in [0.3, 0.4) is 0 Å². The third-order valence-electron chi connectivity index (χ3n) is 2.40. The molecule has 1 aliphatic rings. The lowest BCUT2D eigenvalue weighted by atomic mass is 10.2. The molecule has 19 heavy (non-hydrogen) atoms. The molecule has 1 fully saturated rings. The molecule has 0 spiro atoms. The van der Waals surface area contributed by atoms with Gasteiger partial charge in [0.05, 0.1) is 4.91 Å². The van der Waals surface area contributed by atoms with Crippen LogP contribution < -0.4 is 5.11 Å². The van der Waals surface area contributed by atoms with Crippen molar-refractivity contribution in [2.45, 2.75) is 6.42 Å². The van der Waals surface area contributed by atoms with Gasteiger partial charge < -0.3 is 9.90 Å². The molecule has 2 rings (SSSR count). The Morgan fingerprint density at radius 3 is 3.00 bits per heavy atom. The van der Waals surface area contributed by atoms with Crippen LogP contribution >= 0.6 is 24.0 Å². The zero-order valence-electron chi connectivity index (χ0n) is 9.74. The third-order valence-corrected chi connectivity index (χ3v) is 3.77. The summed E-state index contributed by atoms with van der Waals surface area (Å²) in [6.07, 6.45) is 4.73. The molecular formula is C12H9N2O3S2-. The molecule has 98 valence electrons. The minimum absolute atomic E-state index is 0.0391. The maximum Gasteiger partial charge on any atom is 0.266 e. The number of carbonyl (C=O) groups excluding carboxylic acids is 2. The summed E-state index contributed by atoms with van der Waals surface area (Å²) in [5, 5.41) is 10.4. The molecule has 5 nitrogen and oxygen atoms in total. The number of thiocarbonyl (C=S) groups is 1. The van der Waals surface area contributed by atoms with Crippen LogP contribution in [0.1, 0.15) is 12.0 Å². The first-order chi connectivity index (χ1) is 9.08. The Kier molecular flexibility index (Phi) is 4.28. The van der Waals surface area contributed by atoms with Crippen molar-refractivity contribution in [3.05, 3.63) is 35.0 Å². The van der Waals surface area contributed by atoms with Gasteiger partial charge in [-0.3, -0.25) is 14.7 Å². The summed E-state index contributed by atoms with van der Waals surface area (Å²) in [5.41, 5.74) is 0.794. The van der Waals surface area contributed by atoms with Gasteiger partial charge in [0.1, 0.15) is 4.32 Å². The van der Waals surface area contributed by atoms with Crippen molar-refractivity contribution in [1.82, 2.24) is 9.88 Å². The lowest BCUT2D eigenvalue weighted by Gasteiger charge is -2.14. The van der Waals surface area contributed by atoms with Crippen molar-refractivity contribution >= 4 is 46.3 Å². The monoisotopic (exact) mass is 293 g/mol. The summed E-state index contributed by atoms with van der Waals surface area (Å²) in [5.74, 6) is -1.48. The van der Waals surface area contributed by atoms with Gasteiger partial charge in [0.25, 0.3) is 5.91 Å². The van der Waals surface area contributed by atoms with E-state index in [2.05, 4.69) is 4.98 Å². The lowest BCUT2D eigenvalue weighted by molar-refractivity contribution is -0.305. The van der Waals surface area contributed by atoms with Crippen LogP contribution in [0.15, 0.2) is 29.4 Å². The van der Waals surface area contributed by atoms with E-state index in [9.17, 15) is 14.7 Å². The molecule has 2 heterocycles. The molecule has 0 aliphatic carbocycles. The smallest absolute Gasteiger partial charge is 0.266 e. The normalized spacial score (nSPS) is 17.3. The van der Waals surface area contributed by atoms with E-state index in [4.69, 9.17) is 12.2 Å². The van der Waals surface area contributed by atoms with Gasteiger partial charge >= 0.3 is 0 Å². The minimum atomic E-state index is -1.20. The summed E-state index contributed by atoms with van der Waals surface area (Å²) in [6, 6.07) is 3.59. The van der Waals surface area contributed by atoms with Gasteiger partial charge in [0.2, 0.25) is 0 Å². The molecule has 1 aromatic heterocycles. The number of aliphatic carboxylic acids is 1. The molecule has 0 atom stereocenters. The highest BCUT2D eigenvalue weighted by Gasteiger charge is 2.31. The van der Waals surface area contributed by atoms with E-state index in [1.807, 2.05) is 6.07 Å². The van der Waals surface area contributed by atoms with Gasteiger partial charge in [-0.1, -0.05) is 30.0 Å². The first-order valence-electron chi connectivity index (χ1n) is 5.43. The highest BCUT2D eigenvalue weighted by molar-refractivity contribution is 8.26. The Hall–Kier alpha value is -1.73. The quantitative estimate of drug-likeness (QED) is 0.592. The topological polar surface area (TPSA) is 73.3 Å². The van der Waals surface area contributed by atoms with Crippen LogP contribution in [-0.4, -0.2) is 32.6 Å². The SMILES string of the molecule is O=C([O-])CCN1C(=O)/C(=C/c2cccnc2)SC1=S. The Morgan fingerprint density at radius 2 is 2.37 bits per heavy atom. The predicted molar refractivity (Wildman–Crippen MR) is 73.7 cm³/mol. The van der Waals surface area contributed by atoms with E-state index < -0.39 is 5.97 Å². The van der Waals surface area contributed by atoms with Crippen molar-refractivity contribution in [3.8, 4) is 0 Å². The lowest BCUT2D eigenvalue weighted by Crippen LogP contribution is -2.33. The number of thioether (sulfide) groups is 1. The number of nitrogens with zero attached hydrogens (tertiary/aromatic N) is 2. The summed E-state index contributed by atoms with van der Waals surface area (Å²) >= 11 is 6.22. The second kappa shape index (κ2) is 5.94. The molecule has 1 aromatic rings. The highest BCUT2D eigenvalue weighted by Crippen LogP contribution is 2.32. The minimum Gasteiger partial charge on any atom is -0.550 e. The molecule has 0 radical (unpaired) electrons. The van der Waals surface area contributed by atoms with Gasteiger partial charge in [-0.25, -0.2) is 0 Å². The van der Waals surface area contributed by atoms with E-state index in [-0.39, 0.29) is 18.9 Å². The predicted octanol–water partition coefficient (Wildman–Crippen LogP) is 0.423. The second-order valence-electron chi connectivity index (χ2n) is 3.74. The van der Waals surface area contributed by atoms with E-state index in [1.165, 1.54) is 4.90 Å². The highest BCUT2D eigenvalue weighted by atomic mass is 32.2. The van der Waals surface area contributed by atoms with Crippen molar-refractivity contribution in [1.29, 1.82) is 0 Å². The van der Waals surface area contributed by atoms with Gasteiger partial charge in [-0.15, -0.1) is 0 Å². The van der Waals surface area contributed by atoms with E-state index >= 15 is 0 Å². The first-order valence-corrected chi connectivity index (χ1v) is 6.65. The fourth-order valence-corrected chi connectivity index (χ4v) is 2.82. The Balaban J connectivity index is 2.14. The number of carboxylic acid groups (broad SMARTS) is 1. The van der Waals surface area contributed by atoms with E-state index in [0.717, 1.165) is 17.3 Å². The van der Waals surface area contributed by atoms with Gasteiger partial charge in [-0.05, 0) is 17.7 Å². The van der Waals surface area contributed by atoms with Crippen LogP contribution in [-0.2, 0) is 9.59 Å². The van der Waals surface area contributed by atoms with Crippen molar-refractivity contribution in [3.63, 3.8) is 0 Å². The summed E-state index contributed by atoms with van der Waals surface area (Å²) < 4.78 is 0.362. The number of rotatable bonds is 4. The molecule has 0 aromatic carbocycles. The van der Waals surface area contributed by atoms with Crippen molar-refractivity contribution < 1.29 is 14.7 Å². The number of hydrogen-bond acceptors (Lipinski definition) is 6. The fourth-order valence-electron chi connectivity index (χ4n) is 1.51. The summed E-state index contributed by atoms with van der Waals surface area (Å²) in [7, 11) is 0. The average Bonchev–Trinajstić information content (AvgIpc) is 2.63. The summed E-state index contributed by atoms with van der Waals surface area (Å²) in [6.45, 7) is 0.0391. The largest absolute Gasteiger partial charge is 0.550 e. The standard InChI is InChI=1S/C12H10N2O3S2/c15-10(16)3-5-14-11(17)9(19-12(14)18)6-8-2-1-4-13-7-8/h1-2,4,6-7H,3,5H2,(H,15,16)/p-1/b9-6-. The van der Waals surface area contributed by atoms with Crippen molar-refractivity contribution in [2.24, 2.45) is 0 Å². The third kappa shape index (κ3) is 3.39.